The maximum Gasteiger partial charge on any atom is 0.143 e. The third-order valence-corrected chi connectivity index (χ3v) is 8.15. The first kappa shape index (κ1) is 24.2. The Morgan fingerprint density at radius 2 is 1.74 bits per heavy atom. The predicted molar refractivity (Wildman–Crippen MR) is 138 cm³/mol. The zero-order valence-corrected chi connectivity index (χ0v) is 21.7. The Labute approximate surface area is 209 Å². The van der Waals surface area contributed by atoms with Gasteiger partial charge in [-0.15, -0.1) is 0 Å². The van der Waals surface area contributed by atoms with Crippen molar-refractivity contribution in [2.45, 2.75) is 64.2 Å². The molecule has 0 radical (unpaired) electrons. The number of hydrogen-bond donors (Lipinski definition) is 1. The molecule has 2 aliphatic heterocycles. The van der Waals surface area contributed by atoms with Crippen molar-refractivity contribution in [2.75, 3.05) is 26.7 Å². The number of nitrogens with zero attached hydrogens (tertiary/aromatic N) is 4. The van der Waals surface area contributed by atoms with E-state index in [0.29, 0.717) is 5.92 Å². The Balaban J connectivity index is 1.60. The molecule has 2 saturated heterocycles. The van der Waals surface area contributed by atoms with Crippen LogP contribution >= 0.6 is 0 Å². The normalized spacial score (nSPS) is 24.2. The number of benzene rings is 1. The van der Waals surface area contributed by atoms with Crippen molar-refractivity contribution in [2.24, 2.45) is 5.41 Å². The van der Waals surface area contributed by atoms with Crippen molar-refractivity contribution in [3.05, 3.63) is 71.9 Å². The molecular weight excluding hydrogens is 436 g/mol. The molecule has 5 rings (SSSR count). The van der Waals surface area contributed by atoms with Crippen LogP contribution in [0.4, 0.5) is 0 Å². The van der Waals surface area contributed by atoms with Crippen LogP contribution < -0.4 is 0 Å². The molecule has 4 heterocycles. The number of likely N-dealkylation sites (tertiary alicyclic amines) is 1. The minimum Gasteiger partial charge on any atom is -0.380 e. The second-order valence-corrected chi connectivity index (χ2v) is 11.3. The Bertz CT molecular complexity index is 1170. The van der Waals surface area contributed by atoms with Gasteiger partial charge in [0, 0.05) is 48.6 Å². The largest absolute Gasteiger partial charge is 0.380 e. The number of pyridine rings is 1. The van der Waals surface area contributed by atoms with Crippen molar-refractivity contribution in [3.63, 3.8) is 0 Å². The second-order valence-electron chi connectivity index (χ2n) is 11.3. The van der Waals surface area contributed by atoms with Crippen LogP contribution in [0.3, 0.4) is 0 Å². The lowest BCUT2D eigenvalue weighted by atomic mass is 9.62. The quantitative estimate of drug-likeness (QED) is 0.537. The molecule has 0 amide bonds. The van der Waals surface area contributed by atoms with Gasteiger partial charge in [0.2, 0.25) is 0 Å². The van der Waals surface area contributed by atoms with E-state index in [2.05, 4.69) is 84.5 Å². The van der Waals surface area contributed by atoms with Crippen LogP contribution in [0.1, 0.15) is 69.6 Å². The molecule has 35 heavy (non-hydrogen) atoms. The van der Waals surface area contributed by atoms with Gasteiger partial charge >= 0.3 is 0 Å². The Kier molecular flexibility index (Phi) is 6.10. The first-order chi connectivity index (χ1) is 16.7. The van der Waals surface area contributed by atoms with Gasteiger partial charge in [-0.05, 0) is 56.3 Å². The Hall–Kier alpha value is -2.54. The summed E-state index contributed by atoms with van der Waals surface area (Å²) in [6, 6.07) is 10.6. The summed E-state index contributed by atoms with van der Waals surface area (Å²) in [7, 11) is 2.10. The second kappa shape index (κ2) is 8.84. The van der Waals surface area contributed by atoms with Crippen LogP contribution in [0.2, 0.25) is 0 Å². The standard InChI is InChI=1S/C29H38N4O2/c1-21(2)22-8-10-24(11-9-22)29(34,27(3)18-32(5)19-27)25-14-23(15-30-16-25)26-17-31-20-33(26)28(4)12-6-7-13-35-28/h8-11,14-17,20-21,34H,6-7,12-13,18-19H2,1-5H3/t28?,29-/m0/s1. The average Bonchev–Trinajstić information content (AvgIpc) is 3.34. The van der Waals surface area contributed by atoms with E-state index in [9.17, 15) is 5.11 Å². The molecule has 6 heteroatoms. The lowest BCUT2D eigenvalue weighted by Gasteiger charge is -2.56. The Morgan fingerprint density at radius 1 is 1.00 bits per heavy atom. The molecule has 2 aromatic heterocycles. The zero-order valence-electron chi connectivity index (χ0n) is 21.7. The lowest BCUT2D eigenvalue weighted by Crippen LogP contribution is -2.63. The fraction of sp³-hybridized carbons (Fsp3) is 0.517. The number of hydrogen-bond acceptors (Lipinski definition) is 5. The smallest absolute Gasteiger partial charge is 0.143 e. The van der Waals surface area contributed by atoms with E-state index in [1.54, 1.807) is 0 Å². The molecule has 0 aliphatic carbocycles. The zero-order chi connectivity index (χ0) is 24.8. The molecule has 1 aromatic carbocycles. The predicted octanol–water partition coefficient (Wildman–Crippen LogP) is 5.13. The van der Waals surface area contributed by atoms with Gasteiger partial charge in [0.15, 0.2) is 0 Å². The molecular formula is C29H38N4O2. The molecule has 3 aromatic rings. The maximum absolute atomic E-state index is 12.6. The van der Waals surface area contributed by atoms with Gasteiger partial charge in [0.1, 0.15) is 11.3 Å². The number of ether oxygens (including phenoxy) is 1. The maximum atomic E-state index is 12.6. The fourth-order valence-corrected chi connectivity index (χ4v) is 6.12. The third kappa shape index (κ3) is 4.02. The van der Waals surface area contributed by atoms with E-state index >= 15 is 0 Å². The van der Waals surface area contributed by atoms with E-state index in [0.717, 1.165) is 61.3 Å². The van der Waals surface area contributed by atoms with Crippen LogP contribution in [0, 0.1) is 5.41 Å². The van der Waals surface area contributed by atoms with Crippen LogP contribution in [0.25, 0.3) is 11.3 Å². The number of aromatic nitrogens is 3. The monoisotopic (exact) mass is 474 g/mol. The van der Waals surface area contributed by atoms with Gasteiger partial charge in [0.05, 0.1) is 18.2 Å². The fourth-order valence-electron chi connectivity index (χ4n) is 6.12. The van der Waals surface area contributed by atoms with Gasteiger partial charge in [0.25, 0.3) is 0 Å². The summed E-state index contributed by atoms with van der Waals surface area (Å²) >= 11 is 0. The number of aliphatic hydroxyl groups is 1. The summed E-state index contributed by atoms with van der Waals surface area (Å²) in [5.74, 6) is 0.441. The SMILES string of the molecule is CC(C)c1ccc([C@](O)(c2cncc(-c3cncn3C3(C)CCCCO3)c2)C2(C)CN(C)C2)cc1. The summed E-state index contributed by atoms with van der Waals surface area (Å²) in [6.45, 7) is 11.1. The Morgan fingerprint density at radius 3 is 2.37 bits per heavy atom. The van der Waals surface area contributed by atoms with Crippen molar-refractivity contribution < 1.29 is 9.84 Å². The van der Waals surface area contributed by atoms with Crippen molar-refractivity contribution in [1.82, 2.24) is 19.4 Å². The van der Waals surface area contributed by atoms with E-state index in [-0.39, 0.29) is 5.41 Å². The van der Waals surface area contributed by atoms with E-state index in [4.69, 9.17) is 4.74 Å². The van der Waals surface area contributed by atoms with E-state index in [1.807, 2.05) is 24.9 Å². The highest BCUT2D eigenvalue weighted by molar-refractivity contribution is 5.60. The summed E-state index contributed by atoms with van der Waals surface area (Å²) in [5, 5.41) is 12.6. The minimum atomic E-state index is -1.17. The van der Waals surface area contributed by atoms with Gasteiger partial charge in [-0.2, -0.15) is 0 Å². The molecule has 0 spiro atoms. The molecule has 0 bridgehead atoms. The number of imidazole rings is 1. The molecule has 2 aliphatic rings. The number of rotatable bonds is 6. The van der Waals surface area contributed by atoms with Crippen molar-refractivity contribution >= 4 is 0 Å². The molecule has 2 atom stereocenters. The highest BCUT2D eigenvalue weighted by atomic mass is 16.5. The molecule has 6 nitrogen and oxygen atoms in total. The summed E-state index contributed by atoms with van der Waals surface area (Å²) in [5.41, 5.74) is 2.95. The minimum absolute atomic E-state index is 0.333. The van der Waals surface area contributed by atoms with Crippen molar-refractivity contribution in [1.29, 1.82) is 0 Å². The molecule has 186 valence electrons. The van der Waals surface area contributed by atoms with Gasteiger partial charge in [-0.25, -0.2) is 4.98 Å². The third-order valence-electron chi connectivity index (χ3n) is 8.15. The molecule has 2 fully saturated rings. The van der Waals surface area contributed by atoms with Crippen molar-refractivity contribution in [3.8, 4) is 11.3 Å². The highest BCUT2D eigenvalue weighted by Gasteiger charge is 2.55. The first-order valence-corrected chi connectivity index (χ1v) is 12.8. The van der Waals surface area contributed by atoms with Crippen LogP contribution in [0.15, 0.2) is 55.2 Å². The topological polar surface area (TPSA) is 63.4 Å². The van der Waals surface area contributed by atoms with Crippen LogP contribution in [-0.2, 0) is 16.1 Å². The van der Waals surface area contributed by atoms with Gasteiger partial charge < -0.3 is 19.3 Å². The molecule has 1 unspecified atom stereocenters. The summed E-state index contributed by atoms with van der Waals surface area (Å²) in [6.07, 6.45) is 10.6. The van der Waals surface area contributed by atoms with Crippen LogP contribution in [0.5, 0.6) is 0 Å². The van der Waals surface area contributed by atoms with Gasteiger partial charge in [-0.3, -0.25) is 4.98 Å². The molecule has 1 N–H and O–H groups in total. The van der Waals surface area contributed by atoms with Crippen LogP contribution in [-0.4, -0.2) is 51.3 Å². The van der Waals surface area contributed by atoms with Gasteiger partial charge in [-0.1, -0.05) is 45.0 Å². The summed E-state index contributed by atoms with van der Waals surface area (Å²) < 4.78 is 8.34. The highest BCUT2D eigenvalue weighted by Crippen LogP contribution is 2.50. The van der Waals surface area contributed by atoms with E-state index < -0.39 is 11.3 Å². The molecule has 0 saturated carbocycles. The lowest BCUT2D eigenvalue weighted by molar-refractivity contribution is -0.127. The average molecular weight is 475 g/mol. The first-order valence-electron chi connectivity index (χ1n) is 12.8. The van der Waals surface area contributed by atoms with E-state index in [1.165, 1.54) is 5.56 Å². The summed E-state index contributed by atoms with van der Waals surface area (Å²) in [4.78, 5) is 11.3.